The number of rotatable bonds is 3. The monoisotopic (exact) mass is 335 g/mol. The maximum Gasteiger partial charge on any atom is 0.254 e. The summed E-state index contributed by atoms with van der Waals surface area (Å²) in [4.78, 5) is 14.3. The van der Waals surface area contributed by atoms with E-state index in [1.54, 1.807) is 24.1 Å². The van der Waals surface area contributed by atoms with Crippen LogP contribution in [0, 0.1) is 13.8 Å². The number of benzene rings is 2. The highest BCUT2D eigenvalue weighted by Crippen LogP contribution is 2.37. The molecule has 0 aliphatic rings. The molecule has 0 N–H and O–H groups in total. The van der Waals surface area contributed by atoms with E-state index in [2.05, 4.69) is 6.92 Å². The Labute approximate surface area is 141 Å². The van der Waals surface area contributed by atoms with Gasteiger partial charge >= 0.3 is 0 Å². The van der Waals surface area contributed by atoms with Crippen LogP contribution in [0.2, 0.25) is 10.0 Å². The van der Waals surface area contributed by atoms with Crippen LogP contribution in [0.25, 0.3) is 11.1 Å². The molecule has 0 aliphatic heterocycles. The number of amides is 1. The van der Waals surface area contributed by atoms with Crippen molar-refractivity contribution in [1.82, 2.24) is 4.90 Å². The summed E-state index contributed by atoms with van der Waals surface area (Å²) < 4.78 is 0. The zero-order valence-electron chi connectivity index (χ0n) is 13.2. The molecule has 1 amide bonds. The van der Waals surface area contributed by atoms with E-state index in [1.165, 1.54) is 5.56 Å². The highest BCUT2D eigenvalue weighted by Gasteiger charge is 2.20. The van der Waals surface area contributed by atoms with Gasteiger partial charge in [-0.15, -0.1) is 0 Å². The van der Waals surface area contributed by atoms with Gasteiger partial charge in [-0.25, -0.2) is 0 Å². The number of halogens is 2. The van der Waals surface area contributed by atoms with E-state index in [0.717, 1.165) is 11.1 Å². The topological polar surface area (TPSA) is 20.3 Å². The van der Waals surface area contributed by atoms with Gasteiger partial charge in [0.2, 0.25) is 0 Å². The van der Waals surface area contributed by atoms with Gasteiger partial charge < -0.3 is 4.90 Å². The van der Waals surface area contributed by atoms with E-state index in [0.29, 0.717) is 27.7 Å². The smallest absolute Gasteiger partial charge is 0.254 e. The fourth-order valence-corrected chi connectivity index (χ4v) is 2.69. The van der Waals surface area contributed by atoms with Gasteiger partial charge in [-0.1, -0.05) is 41.4 Å². The molecule has 0 spiro atoms. The Bertz CT molecular complexity index is 725. The second-order valence-corrected chi connectivity index (χ2v) is 6.19. The summed E-state index contributed by atoms with van der Waals surface area (Å²) >= 11 is 12.6. The Morgan fingerprint density at radius 3 is 2.36 bits per heavy atom. The lowest BCUT2D eigenvalue weighted by atomic mass is 9.95. The molecule has 2 aromatic carbocycles. The Balaban J connectivity index is 2.69. The van der Waals surface area contributed by atoms with Crippen LogP contribution in [0.4, 0.5) is 0 Å². The van der Waals surface area contributed by atoms with Gasteiger partial charge in [0.15, 0.2) is 0 Å². The molecule has 0 unspecified atom stereocenters. The number of nitrogens with zero attached hydrogens (tertiary/aromatic N) is 1. The molecule has 0 radical (unpaired) electrons. The number of hydrogen-bond acceptors (Lipinski definition) is 1. The fourth-order valence-electron chi connectivity index (χ4n) is 2.26. The van der Waals surface area contributed by atoms with Crippen molar-refractivity contribution in [1.29, 1.82) is 0 Å². The first kappa shape index (κ1) is 16.9. The van der Waals surface area contributed by atoms with E-state index in [9.17, 15) is 4.79 Å². The van der Waals surface area contributed by atoms with E-state index in [1.807, 2.05) is 32.0 Å². The van der Waals surface area contributed by atoms with Crippen LogP contribution in [-0.4, -0.2) is 24.4 Å². The predicted octanol–water partition coefficient (Wildman–Crippen LogP) is 5.37. The third kappa shape index (κ3) is 3.13. The van der Waals surface area contributed by atoms with Crippen molar-refractivity contribution in [2.75, 3.05) is 13.6 Å². The van der Waals surface area contributed by atoms with E-state index in [4.69, 9.17) is 23.2 Å². The Kier molecular flexibility index (Phi) is 5.15. The fraction of sp³-hybridized carbons (Fsp3) is 0.278. The van der Waals surface area contributed by atoms with Gasteiger partial charge in [-0.3, -0.25) is 4.79 Å². The van der Waals surface area contributed by atoms with Gasteiger partial charge in [0.05, 0.1) is 10.0 Å². The van der Waals surface area contributed by atoms with Gasteiger partial charge in [0.1, 0.15) is 0 Å². The largest absolute Gasteiger partial charge is 0.342 e. The molecule has 0 saturated carbocycles. The molecule has 0 heterocycles. The summed E-state index contributed by atoms with van der Waals surface area (Å²) in [5.41, 5.74) is 4.52. The second kappa shape index (κ2) is 6.72. The van der Waals surface area contributed by atoms with Crippen molar-refractivity contribution < 1.29 is 4.79 Å². The van der Waals surface area contributed by atoms with Crippen LogP contribution in [0.5, 0.6) is 0 Å². The molecule has 0 bridgehead atoms. The molecule has 0 fully saturated rings. The van der Waals surface area contributed by atoms with E-state index >= 15 is 0 Å². The van der Waals surface area contributed by atoms with Crippen molar-refractivity contribution in [3.05, 3.63) is 57.1 Å². The highest BCUT2D eigenvalue weighted by molar-refractivity contribution is 6.44. The normalized spacial score (nSPS) is 10.6. The van der Waals surface area contributed by atoms with Crippen LogP contribution in [0.1, 0.15) is 28.4 Å². The molecule has 0 aliphatic carbocycles. The lowest BCUT2D eigenvalue weighted by Gasteiger charge is -2.19. The minimum Gasteiger partial charge on any atom is -0.342 e. The number of carbonyl (C=O) groups is 1. The average molecular weight is 336 g/mol. The quantitative estimate of drug-likeness (QED) is 0.738. The molecular weight excluding hydrogens is 317 g/mol. The minimum atomic E-state index is -0.0608. The van der Waals surface area contributed by atoms with Crippen LogP contribution < -0.4 is 0 Å². The molecule has 0 aromatic heterocycles. The number of carbonyl (C=O) groups excluding carboxylic acids is 1. The van der Waals surface area contributed by atoms with Gasteiger partial charge in [0, 0.05) is 24.7 Å². The standard InChI is InChI=1S/C18H19Cl2NO/c1-5-21(4)18(22)14-8-9-15(19)17(20)16(14)13-7-6-11(2)12(3)10-13/h6-10H,5H2,1-4H3. The van der Waals surface area contributed by atoms with E-state index < -0.39 is 0 Å². The molecule has 22 heavy (non-hydrogen) atoms. The lowest BCUT2D eigenvalue weighted by Crippen LogP contribution is -2.26. The Morgan fingerprint density at radius 1 is 1.09 bits per heavy atom. The zero-order valence-corrected chi connectivity index (χ0v) is 14.7. The number of hydrogen-bond donors (Lipinski definition) is 0. The van der Waals surface area contributed by atoms with Crippen LogP contribution in [0.15, 0.2) is 30.3 Å². The third-order valence-electron chi connectivity index (χ3n) is 3.94. The molecule has 116 valence electrons. The number of aryl methyl sites for hydroxylation is 2. The van der Waals surface area contributed by atoms with Gasteiger partial charge in [-0.05, 0) is 49.6 Å². The van der Waals surface area contributed by atoms with Crippen molar-refractivity contribution >= 4 is 29.1 Å². The minimum absolute atomic E-state index is 0.0608. The summed E-state index contributed by atoms with van der Waals surface area (Å²) in [5.74, 6) is -0.0608. The summed E-state index contributed by atoms with van der Waals surface area (Å²) in [6, 6.07) is 9.45. The summed E-state index contributed by atoms with van der Waals surface area (Å²) in [6.07, 6.45) is 0. The van der Waals surface area contributed by atoms with Crippen LogP contribution in [-0.2, 0) is 0 Å². The lowest BCUT2D eigenvalue weighted by molar-refractivity contribution is 0.0803. The van der Waals surface area contributed by atoms with Crippen molar-refractivity contribution in [2.45, 2.75) is 20.8 Å². The Hall–Kier alpha value is -1.51. The zero-order chi connectivity index (χ0) is 16.4. The molecule has 2 rings (SSSR count). The molecular formula is C18H19Cl2NO. The molecule has 0 saturated heterocycles. The highest BCUT2D eigenvalue weighted by atomic mass is 35.5. The van der Waals surface area contributed by atoms with Crippen molar-refractivity contribution in [2.24, 2.45) is 0 Å². The van der Waals surface area contributed by atoms with Crippen molar-refractivity contribution in [3.63, 3.8) is 0 Å². The second-order valence-electron chi connectivity index (χ2n) is 5.40. The first-order valence-corrected chi connectivity index (χ1v) is 7.93. The first-order valence-electron chi connectivity index (χ1n) is 7.17. The van der Waals surface area contributed by atoms with Crippen molar-refractivity contribution in [3.8, 4) is 11.1 Å². The van der Waals surface area contributed by atoms with Gasteiger partial charge in [-0.2, -0.15) is 0 Å². The Morgan fingerprint density at radius 2 is 1.77 bits per heavy atom. The third-order valence-corrected chi connectivity index (χ3v) is 4.75. The summed E-state index contributed by atoms with van der Waals surface area (Å²) in [5, 5.41) is 0.867. The molecule has 2 aromatic rings. The molecule has 4 heteroatoms. The van der Waals surface area contributed by atoms with Gasteiger partial charge in [0.25, 0.3) is 5.91 Å². The van der Waals surface area contributed by atoms with Crippen LogP contribution >= 0.6 is 23.2 Å². The molecule has 2 nitrogen and oxygen atoms in total. The maximum atomic E-state index is 12.6. The maximum absolute atomic E-state index is 12.6. The summed E-state index contributed by atoms with van der Waals surface area (Å²) in [6.45, 7) is 6.66. The first-order chi connectivity index (χ1) is 10.4. The summed E-state index contributed by atoms with van der Waals surface area (Å²) in [7, 11) is 1.77. The average Bonchev–Trinajstić information content (AvgIpc) is 2.51. The van der Waals surface area contributed by atoms with E-state index in [-0.39, 0.29) is 5.91 Å². The predicted molar refractivity (Wildman–Crippen MR) is 94.0 cm³/mol. The van der Waals surface area contributed by atoms with Crippen LogP contribution in [0.3, 0.4) is 0 Å². The molecule has 0 atom stereocenters. The SMILES string of the molecule is CCN(C)C(=O)c1ccc(Cl)c(Cl)c1-c1ccc(C)c(C)c1.